The fourth-order valence-corrected chi connectivity index (χ4v) is 1.65. The quantitative estimate of drug-likeness (QED) is 0.757. The summed E-state index contributed by atoms with van der Waals surface area (Å²) in [6, 6.07) is 3.19. The number of alkyl halides is 3. The lowest BCUT2D eigenvalue weighted by Crippen LogP contribution is -2.28. The molecule has 1 atom stereocenters. The van der Waals surface area contributed by atoms with E-state index in [9.17, 15) is 17.6 Å². The van der Waals surface area contributed by atoms with E-state index in [2.05, 4.69) is 10.3 Å². The van der Waals surface area contributed by atoms with Crippen LogP contribution in [0.5, 0.6) is 0 Å². The summed E-state index contributed by atoms with van der Waals surface area (Å²) in [5, 5.41) is 2.83. The van der Waals surface area contributed by atoms with Crippen LogP contribution in [0.2, 0.25) is 0 Å². The van der Waals surface area contributed by atoms with E-state index in [4.69, 9.17) is 0 Å². The molecule has 1 heterocycles. The molecule has 1 N–H and O–H groups in total. The summed E-state index contributed by atoms with van der Waals surface area (Å²) in [5.74, 6) is -1.10. The molecule has 0 spiro atoms. The van der Waals surface area contributed by atoms with E-state index in [1.165, 1.54) is 12.1 Å². The summed E-state index contributed by atoms with van der Waals surface area (Å²) >= 11 is 0. The maximum absolute atomic E-state index is 13.7. The van der Waals surface area contributed by atoms with Crippen molar-refractivity contribution in [3.05, 3.63) is 35.1 Å². The molecule has 1 aliphatic rings. The highest BCUT2D eigenvalue weighted by Crippen LogP contribution is 2.32. The number of hydrogen-bond acceptors (Lipinski definition) is 2. The van der Waals surface area contributed by atoms with Crippen LogP contribution < -0.4 is 5.32 Å². The van der Waals surface area contributed by atoms with Gasteiger partial charge in [0.05, 0.1) is 17.7 Å². The highest BCUT2D eigenvalue weighted by molar-refractivity contribution is 6.00. The lowest BCUT2D eigenvalue weighted by Gasteiger charge is -2.12. The van der Waals surface area contributed by atoms with E-state index < -0.39 is 17.6 Å². The smallest absolute Gasteiger partial charge is 0.365 e. The largest absolute Gasteiger partial charge is 0.419 e. The third-order valence-corrected chi connectivity index (χ3v) is 2.47. The Morgan fingerprint density at radius 2 is 2.06 bits per heavy atom. The zero-order valence-corrected chi connectivity index (χ0v) is 8.98. The minimum Gasteiger partial charge on any atom is -0.365 e. The topological polar surface area (TPSA) is 24.4 Å². The van der Waals surface area contributed by atoms with Crippen LogP contribution in [-0.2, 0) is 6.18 Å². The summed E-state index contributed by atoms with van der Waals surface area (Å²) in [5.41, 5.74) is -1.40. The zero-order chi connectivity index (χ0) is 12.6. The van der Waals surface area contributed by atoms with Crippen LogP contribution in [-0.4, -0.2) is 18.4 Å². The molecule has 92 valence electrons. The van der Waals surface area contributed by atoms with Crippen LogP contribution in [0.1, 0.15) is 18.1 Å². The van der Waals surface area contributed by atoms with Gasteiger partial charge in [-0.25, -0.2) is 4.39 Å². The van der Waals surface area contributed by atoms with Crippen LogP contribution in [0.3, 0.4) is 0 Å². The molecule has 0 aliphatic carbocycles. The van der Waals surface area contributed by atoms with Crippen molar-refractivity contribution in [2.45, 2.75) is 19.1 Å². The van der Waals surface area contributed by atoms with Gasteiger partial charge in [-0.2, -0.15) is 13.2 Å². The number of amidine groups is 1. The first kappa shape index (κ1) is 11.9. The summed E-state index contributed by atoms with van der Waals surface area (Å²) in [7, 11) is 0. The normalized spacial score (nSPS) is 20.1. The molecule has 0 amide bonds. The maximum atomic E-state index is 13.7. The number of nitrogens with one attached hydrogen (secondary N) is 1. The SMILES string of the molecule is CC1CN=C(c2cccc(C(F)(F)F)c2F)N1. The number of aliphatic imine (C=N–C) groups is 1. The first-order valence-corrected chi connectivity index (χ1v) is 5.06. The Morgan fingerprint density at radius 1 is 1.35 bits per heavy atom. The summed E-state index contributed by atoms with van der Waals surface area (Å²) in [4.78, 5) is 3.97. The Kier molecular flexibility index (Phi) is 2.81. The van der Waals surface area contributed by atoms with Gasteiger partial charge in [0.25, 0.3) is 0 Å². The van der Waals surface area contributed by atoms with Crippen LogP contribution in [0.25, 0.3) is 0 Å². The molecule has 0 fully saturated rings. The Morgan fingerprint density at radius 3 is 2.59 bits per heavy atom. The van der Waals surface area contributed by atoms with Crippen molar-refractivity contribution in [1.29, 1.82) is 0 Å². The molecule has 1 aromatic carbocycles. The lowest BCUT2D eigenvalue weighted by atomic mass is 10.1. The fraction of sp³-hybridized carbons (Fsp3) is 0.364. The van der Waals surface area contributed by atoms with Crippen molar-refractivity contribution in [3.63, 3.8) is 0 Å². The molecule has 0 radical (unpaired) electrons. The number of benzene rings is 1. The Bertz CT molecular complexity index is 465. The van der Waals surface area contributed by atoms with Crippen LogP contribution >= 0.6 is 0 Å². The number of nitrogens with zero attached hydrogens (tertiary/aromatic N) is 1. The van der Waals surface area contributed by atoms with E-state index in [1.807, 2.05) is 6.92 Å². The number of hydrogen-bond donors (Lipinski definition) is 1. The van der Waals surface area contributed by atoms with E-state index in [1.54, 1.807) is 0 Å². The molecule has 1 aromatic rings. The lowest BCUT2D eigenvalue weighted by molar-refractivity contribution is -0.140. The van der Waals surface area contributed by atoms with Crippen LogP contribution in [0, 0.1) is 5.82 Å². The average molecular weight is 246 g/mol. The third kappa shape index (κ3) is 2.25. The molecule has 0 bridgehead atoms. The summed E-state index contributed by atoms with van der Waals surface area (Å²) in [6.45, 7) is 2.26. The summed E-state index contributed by atoms with van der Waals surface area (Å²) < 4.78 is 51.2. The molecule has 17 heavy (non-hydrogen) atoms. The van der Waals surface area contributed by atoms with Crippen molar-refractivity contribution < 1.29 is 17.6 Å². The minimum atomic E-state index is -4.69. The van der Waals surface area contributed by atoms with Crippen LogP contribution in [0.15, 0.2) is 23.2 Å². The minimum absolute atomic E-state index is 0.0129. The van der Waals surface area contributed by atoms with Gasteiger partial charge in [0.1, 0.15) is 11.7 Å². The highest BCUT2D eigenvalue weighted by atomic mass is 19.4. The molecule has 0 saturated carbocycles. The van der Waals surface area contributed by atoms with Crippen molar-refractivity contribution in [2.75, 3.05) is 6.54 Å². The Hall–Kier alpha value is -1.59. The molecule has 1 unspecified atom stereocenters. The van der Waals surface area contributed by atoms with Gasteiger partial charge in [-0.05, 0) is 19.1 Å². The van der Waals surface area contributed by atoms with Gasteiger partial charge in [0.15, 0.2) is 0 Å². The van der Waals surface area contributed by atoms with Crippen molar-refractivity contribution >= 4 is 5.84 Å². The van der Waals surface area contributed by atoms with Crippen molar-refractivity contribution in [3.8, 4) is 0 Å². The maximum Gasteiger partial charge on any atom is 0.419 e. The predicted octanol–water partition coefficient (Wildman–Crippen LogP) is 2.58. The second-order valence-corrected chi connectivity index (χ2v) is 3.90. The van der Waals surface area contributed by atoms with Gasteiger partial charge in [0.2, 0.25) is 0 Å². The van der Waals surface area contributed by atoms with E-state index in [-0.39, 0.29) is 17.4 Å². The van der Waals surface area contributed by atoms with E-state index in [0.29, 0.717) is 6.54 Å². The van der Waals surface area contributed by atoms with Crippen LogP contribution in [0.4, 0.5) is 17.6 Å². The monoisotopic (exact) mass is 246 g/mol. The molecule has 0 aromatic heterocycles. The Balaban J connectivity index is 2.44. The zero-order valence-electron chi connectivity index (χ0n) is 8.98. The van der Waals surface area contributed by atoms with Crippen molar-refractivity contribution in [2.24, 2.45) is 4.99 Å². The second kappa shape index (κ2) is 4.01. The molecular weight excluding hydrogens is 236 g/mol. The second-order valence-electron chi connectivity index (χ2n) is 3.90. The standard InChI is InChI=1S/C11H10F4N2/c1-6-5-16-10(17-6)7-3-2-4-8(9(7)12)11(13,14)15/h2-4,6H,5H2,1H3,(H,16,17). The van der Waals surface area contributed by atoms with Gasteiger partial charge in [-0.1, -0.05) is 6.07 Å². The van der Waals surface area contributed by atoms with E-state index in [0.717, 1.165) is 6.07 Å². The van der Waals surface area contributed by atoms with Crippen molar-refractivity contribution in [1.82, 2.24) is 5.32 Å². The van der Waals surface area contributed by atoms with Gasteiger partial charge in [-0.15, -0.1) is 0 Å². The molecular formula is C11H10F4N2. The Labute approximate surface area is 95.4 Å². The molecule has 2 nitrogen and oxygen atoms in total. The highest BCUT2D eigenvalue weighted by Gasteiger charge is 2.35. The average Bonchev–Trinajstić information content (AvgIpc) is 2.63. The van der Waals surface area contributed by atoms with E-state index >= 15 is 0 Å². The molecule has 6 heteroatoms. The molecule has 1 aliphatic heterocycles. The van der Waals surface area contributed by atoms with Gasteiger partial charge in [-0.3, -0.25) is 4.99 Å². The number of rotatable bonds is 1. The van der Waals surface area contributed by atoms with Gasteiger partial charge >= 0.3 is 6.18 Å². The van der Waals surface area contributed by atoms with Gasteiger partial charge < -0.3 is 5.32 Å². The molecule has 0 saturated heterocycles. The predicted molar refractivity (Wildman–Crippen MR) is 55.4 cm³/mol. The van der Waals surface area contributed by atoms with Gasteiger partial charge in [0, 0.05) is 6.04 Å². The first-order valence-electron chi connectivity index (χ1n) is 5.06. The number of halogens is 4. The molecule has 2 rings (SSSR count). The third-order valence-electron chi connectivity index (χ3n) is 2.47. The first-order chi connectivity index (χ1) is 7.89. The fourth-order valence-electron chi connectivity index (χ4n) is 1.65. The summed E-state index contributed by atoms with van der Waals surface area (Å²) in [6.07, 6.45) is -4.69.